The molecule has 3 aromatic rings. The minimum Gasteiger partial charge on any atom is -0.456 e. The van der Waals surface area contributed by atoms with E-state index in [0.717, 1.165) is 16.0 Å². The number of esters is 1. The molecular formula is C22H25N3O4S. The summed E-state index contributed by atoms with van der Waals surface area (Å²) >= 11 is 1.43. The van der Waals surface area contributed by atoms with Gasteiger partial charge in [-0.25, -0.2) is 9.78 Å². The molecule has 0 aliphatic rings. The van der Waals surface area contributed by atoms with E-state index in [9.17, 15) is 14.4 Å². The summed E-state index contributed by atoms with van der Waals surface area (Å²) in [6.07, 6.45) is 0.181. The van der Waals surface area contributed by atoms with Gasteiger partial charge in [-0.2, -0.15) is 0 Å². The van der Waals surface area contributed by atoms with Crippen LogP contribution in [0.15, 0.2) is 35.1 Å². The highest BCUT2D eigenvalue weighted by molar-refractivity contribution is 7.18. The van der Waals surface area contributed by atoms with Gasteiger partial charge < -0.3 is 15.0 Å². The second kappa shape index (κ2) is 9.21. The lowest BCUT2D eigenvalue weighted by molar-refractivity contribution is -0.150. The Hall–Kier alpha value is -3.00. The minimum atomic E-state index is -0.789. The van der Waals surface area contributed by atoms with E-state index >= 15 is 0 Å². The fraction of sp³-hybridized carbons (Fsp3) is 0.364. The Morgan fingerprint density at radius 3 is 2.57 bits per heavy atom. The van der Waals surface area contributed by atoms with Gasteiger partial charge in [-0.3, -0.25) is 9.59 Å². The topological polar surface area (TPSA) is 101 Å². The second-order valence-corrected chi connectivity index (χ2v) is 8.74. The van der Waals surface area contributed by atoms with Crippen molar-refractivity contribution in [3.8, 4) is 0 Å². The number of rotatable bonds is 7. The number of aryl methyl sites for hydroxylation is 2. The molecule has 2 N–H and O–H groups in total. The lowest BCUT2D eigenvalue weighted by Gasteiger charge is -2.20. The standard InChI is InChI=1S/C22H25N3O4S/c1-12(2)19(25-17(26)10-15-8-6-5-7-9-15)22(28)29-11-16-23-20(27)18-13(3)14(4)30-21(18)24-16/h5-9,12,19H,10-11H2,1-4H3,(H,25,26)(H,23,24,27)/t19-/m0/s1. The van der Waals surface area contributed by atoms with Crippen molar-refractivity contribution >= 4 is 33.4 Å². The molecule has 0 spiro atoms. The molecule has 30 heavy (non-hydrogen) atoms. The summed E-state index contributed by atoms with van der Waals surface area (Å²) in [6, 6.07) is 8.52. The molecular weight excluding hydrogens is 402 g/mol. The molecule has 0 unspecified atom stereocenters. The fourth-order valence-corrected chi connectivity index (χ4v) is 4.15. The van der Waals surface area contributed by atoms with Crippen molar-refractivity contribution in [3.05, 3.63) is 62.5 Å². The van der Waals surface area contributed by atoms with Crippen molar-refractivity contribution in [3.63, 3.8) is 0 Å². The lowest BCUT2D eigenvalue weighted by Crippen LogP contribution is -2.45. The average Bonchev–Trinajstić information content (AvgIpc) is 2.99. The molecule has 0 aliphatic heterocycles. The molecule has 0 saturated heterocycles. The Morgan fingerprint density at radius 1 is 1.20 bits per heavy atom. The molecule has 2 heterocycles. The minimum absolute atomic E-state index is 0.158. The second-order valence-electron chi connectivity index (χ2n) is 7.54. The summed E-state index contributed by atoms with van der Waals surface area (Å²) in [5.74, 6) is -0.698. The fourth-order valence-electron chi connectivity index (χ4n) is 3.10. The van der Waals surface area contributed by atoms with Crippen molar-refractivity contribution in [1.82, 2.24) is 15.3 Å². The Labute approximate surface area is 178 Å². The zero-order valence-electron chi connectivity index (χ0n) is 17.4. The van der Waals surface area contributed by atoms with Crippen LogP contribution in [0.4, 0.5) is 0 Å². The normalized spacial score (nSPS) is 12.2. The number of fused-ring (bicyclic) bond motifs is 1. The maximum Gasteiger partial charge on any atom is 0.329 e. The number of amides is 1. The summed E-state index contributed by atoms with van der Waals surface area (Å²) < 4.78 is 5.36. The molecule has 1 aromatic carbocycles. The van der Waals surface area contributed by atoms with Gasteiger partial charge in [0.15, 0.2) is 0 Å². The third kappa shape index (κ3) is 4.94. The highest BCUT2D eigenvalue weighted by atomic mass is 32.1. The van der Waals surface area contributed by atoms with Gasteiger partial charge in [0, 0.05) is 4.88 Å². The molecule has 0 radical (unpaired) electrons. The number of nitrogens with zero attached hydrogens (tertiary/aromatic N) is 1. The van der Waals surface area contributed by atoms with Gasteiger partial charge in [0.2, 0.25) is 5.91 Å². The van der Waals surface area contributed by atoms with Crippen LogP contribution in [-0.4, -0.2) is 27.9 Å². The van der Waals surface area contributed by atoms with Crippen LogP contribution < -0.4 is 10.9 Å². The van der Waals surface area contributed by atoms with E-state index in [1.165, 1.54) is 11.3 Å². The molecule has 2 aromatic heterocycles. The van der Waals surface area contributed by atoms with Crippen molar-refractivity contribution < 1.29 is 14.3 Å². The van der Waals surface area contributed by atoms with E-state index < -0.39 is 12.0 Å². The van der Waals surface area contributed by atoms with Crippen LogP contribution in [0.25, 0.3) is 10.2 Å². The lowest BCUT2D eigenvalue weighted by atomic mass is 10.0. The first-order valence-electron chi connectivity index (χ1n) is 9.75. The smallest absolute Gasteiger partial charge is 0.329 e. The molecule has 0 saturated carbocycles. The molecule has 0 fully saturated rings. The van der Waals surface area contributed by atoms with Crippen LogP contribution in [0.3, 0.4) is 0 Å². The number of carbonyl (C=O) groups is 2. The van der Waals surface area contributed by atoms with Gasteiger partial charge >= 0.3 is 5.97 Å². The van der Waals surface area contributed by atoms with Crippen molar-refractivity contribution in [2.45, 2.75) is 46.8 Å². The van der Waals surface area contributed by atoms with Gasteiger partial charge in [0.1, 0.15) is 23.3 Å². The quantitative estimate of drug-likeness (QED) is 0.565. The van der Waals surface area contributed by atoms with E-state index in [-0.39, 0.29) is 36.2 Å². The number of nitrogens with one attached hydrogen (secondary N) is 2. The number of ether oxygens (including phenoxy) is 1. The molecule has 3 rings (SSSR count). The number of aromatic nitrogens is 2. The first-order chi connectivity index (χ1) is 14.3. The molecule has 8 heteroatoms. The van der Waals surface area contributed by atoms with Gasteiger partial charge in [-0.1, -0.05) is 44.2 Å². The average molecular weight is 428 g/mol. The van der Waals surface area contributed by atoms with E-state index in [0.29, 0.717) is 10.2 Å². The maximum atomic E-state index is 12.6. The molecule has 0 bridgehead atoms. The Bertz CT molecular complexity index is 1120. The molecule has 1 atom stereocenters. The first-order valence-corrected chi connectivity index (χ1v) is 10.6. The number of carbonyl (C=O) groups excluding carboxylic acids is 2. The number of benzene rings is 1. The Morgan fingerprint density at radius 2 is 1.90 bits per heavy atom. The Kier molecular flexibility index (Phi) is 6.66. The van der Waals surface area contributed by atoms with Gasteiger partial charge in [0.25, 0.3) is 5.56 Å². The number of thiophene rings is 1. The zero-order chi connectivity index (χ0) is 21.8. The third-order valence-corrected chi connectivity index (χ3v) is 5.98. The third-order valence-electron chi connectivity index (χ3n) is 4.88. The highest BCUT2D eigenvalue weighted by Gasteiger charge is 2.26. The van der Waals surface area contributed by atoms with E-state index in [2.05, 4.69) is 15.3 Å². The van der Waals surface area contributed by atoms with Gasteiger partial charge in [-0.15, -0.1) is 11.3 Å². The van der Waals surface area contributed by atoms with E-state index in [1.54, 1.807) is 0 Å². The van der Waals surface area contributed by atoms with Crippen LogP contribution in [-0.2, 0) is 27.4 Å². The number of aromatic amines is 1. The summed E-state index contributed by atoms with van der Waals surface area (Å²) in [5.41, 5.74) is 1.53. The van der Waals surface area contributed by atoms with Crippen LogP contribution in [0.1, 0.15) is 35.7 Å². The van der Waals surface area contributed by atoms with Crippen LogP contribution >= 0.6 is 11.3 Å². The number of H-pyrrole nitrogens is 1. The zero-order valence-corrected chi connectivity index (χ0v) is 18.3. The monoisotopic (exact) mass is 427 g/mol. The SMILES string of the molecule is Cc1sc2nc(COC(=O)[C@@H](NC(=O)Cc3ccccc3)C(C)C)[nH]c(=O)c2c1C. The van der Waals surface area contributed by atoms with Crippen molar-refractivity contribution in [1.29, 1.82) is 0 Å². The highest BCUT2D eigenvalue weighted by Crippen LogP contribution is 2.25. The molecule has 1 amide bonds. The van der Waals surface area contributed by atoms with Crippen molar-refractivity contribution in [2.24, 2.45) is 5.92 Å². The Balaban J connectivity index is 1.66. The predicted octanol–water partition coefficient (Wildman–Crippen LogP) is 3.03. The number of hydrogen-bond acceptors (Lipinski definition) is 6. The van der Waals surface area contributed by atoms with Gasteiger partial charge in [0.05, 0.1) is 11.8 Å². The summed E-state index contributed by atoms with van der Waals surface area (Å²) in [7, 11) is 0. The molecule has 0 aliphatic carbocycles. The molecule has 7 nitrogen and oxygen atoms in total. The van der Waals surface area contributed by atoms with Crippen molar-refractivity contribution in [2.75, 3.05) is 0 Å². The summed E-state index contributed by atoms with van der Waals surface area (Å²) in [6.45, 7) is 7.32. The first kappa shape index (κ1) is 21.7. The number of hydrogen-bond donors (Lipinski definition) is 2. The largest absolute Gasteiger partial charge is 0.456 e. The van der Waals surface area contributed by atoms with E-state index in [4.69, 9.17) is 4.74 Å². The van der Waals surface area contributed by atoms with Crippen LogP contribution in [0, 0.1) is 19.8 Å². The van der Waals surface area contributed by atoms with Crippen LogP contribution in [0.5, 0.6) is 0 Å². The van der Waals surface area contributed by atoms with E-state index in [1.807, 2.05) is 58.0 Å². The summed E-state index contributed by atoms with van der Waals surface area (Å²) in [5, 5.41) is 3.32. The predicted molar refractivity (Wildman–Crippen MR) is 116 cm³/mol. The van der Waals surface area contributed by atoms with Gasteiger partial charge in [-0.05, 0) is 30.9 Å². The molecule has 158 valence electrons. The van der Waals surface area contributed by atoms with Crippen LogP contribution in [0.2, 0.25) is 0 Å². The maximum absolute atomic E-state index is 12.6. The summed E-state index contributed by atoms with van der Waals surface area (Å²) in [4.78, 5) is 46.0.